The molecule has 1 fully saturated rings. The second-order valence-corrected chi connectivity index (χ2v) is 8.31. The molecule has 6 nitrogen and oxygen atoms in total. The van der Waals surface area contributed by atoms with Crippen molar-refractivity contribution in [1.29, 1.82) is 0 Å². The van der Waals surface area contributed by atoms with E-state index in [0.717, 1.165) is 51.1 Å². The molecule has 29 heavy (non-hydrogen) atoms. The number of imidazole rings is 1. The average molecular weight is 398 g/mol. The Labute approximate surface area is 171 Å². The number of fused-ring (bicyclic) bond motifs is 2. The van der Waals surface area contributed by atoms with Gasteiger partial charge in [-0.1, -0.05) is 24.3 Å². The second-order valence-electron chi connectivity index (χ2n) is 7.23. The van der Waals surface area contributed by atoms with E-state index in [9.17, 15) is 0 Å². The minimum atomic E-state index is 0.845. The zero-order valence-electron chi connectivity index (χ0n) is 15.7. The zero-order chi connectivity index (χ0) is 19.2. The fourth-order valence-corrected chi connectivity index (χ4v) is 4.95. The van der Waals surface area contributed by atoms with Crippen LogP contribution in [-0.2, 0) is 0 Å². The van der Waals surface area contributed by atoms with Gasteiger partial charge in [-0.2, -0.15) is 5.10 Å². The van der Waals surface area contributed by atoms with E-state index in [1.165, 1.54) is 18.2 Å². The number of nitrogens with zero attached hydrogens (tertiary/aromatic N) is 6. The van der Waals surface area contributed by atoms with Gasteiger partial charge in [-0.3, -0.25) is 0 Å². The van der Waals surface area contributed by atoms with Gasteiger partial charge in [0, 0.05) is 30.1 Å². The predicted molar refractivity (Wildman–Crippen MR) is 116 cm³/mol. The highest BCUT2D eigenvalue weighted by Gasteiger charge is 2.20. The molecule has 5 aromatic rings. The molecule has 0 unspecified atom stereocenters. The van der Waals surface area contributed by atoms with Gasteiger partial charge >= 0.3 is 0 Å². The summed E-state index contributed by atoms with van der Waals surface area (Å²) in [7, 11) is 0. The van der Waals surface area contributed by atoms with E-state index >= 15 is 0 Å². The Morgan fingerprint density at radius 3 is 2.52 bits per heavy atom. The molecule has 0 saturated carbocycles. The molecule has 5 heterocycles. The summed E-state index contributed by atoms with van der Waals surface area (Å²) in [6.07, 6.45) is 6.17. The van der Waals surface area contributed by atoms with Crippen LogP contribution < -0.4 is 4.90 Å². The molecule has 1 aliphatic heterocycles. The first-order valence-corrected chi connectivity index (χ1v) is 10.6. The van der Waals surface area contributed by atoms with Crippen LogP contribution in [0.15, 0.2) is 60.9 Å². The lowest BCUT2D eigenvalue weighted by atomic mass is 10.1. The molecule has 7 heteroatoms. The van der Waals surface area contributed by atoms with E-state index in [4.69, 9.17) is 0 Å². The Hall–Kier alpha value is -3.32. The van der Waals surface area contributed by atoms with Crippen LogP contribution in [0.25, 0.3) is 37.6 Å². The SMILES string of the molecule is c1ccc2c(N3CCCC3)nnc(-c3ccc(-c4cn5ncccc5n4)s3)c2c1. The number of hydrogen-bond donors (Lipinski definition) is 0. The van der Waals surface area contributed by atoms with Crippen molar-refractivity contribution < 1.29 is 0 Å². The number of hydrogen-bond acceptors (Lipinski definition) is 6. The van der Waals surface area contributed by atoms with Crippen LogP contribution in [0.2, 0.25) is 0 Å². The fraction of sp³-hybridized carbons (Fsp3) is 0.182. The lowest BCUT2D eigenvalue weighted by Gasteiger charge is -2.18. The van der Waals surface area contributed by atoms with Crippen molar-refractivity contribution in [2.24, 2.45) is 0 Å². The number of rotatable bonds is 3. The lowest BCUT2D eigenvalue weighted by Crippen LogP contribution is -2.19. The summed E-state index contributed by atoms with van der Waals surface area (Å²) in [5.41, 5.74) is 2.70. The normalized spacial score (nSPS) is 14.3. The topological polar surface area (TPSA) is 59.2 Å². The van der Waals surface area contributed by atoms with Gasteiger partial charge in [-0.15, -0.1) is 21.5 Å². The second kappa shape index (κ2) is 6.63. The first-order valence-electron chi connectivity index (χ1n) is 9.78. The van der Waals surface area contributed by atoms with E-state index in [1.807, 2.05) is 18.3 Å². The minimum Gasteiger partial charge on any atom is -0.355 e. The molecule has 1 aromatic carbocycles. The molecule has 0 atom stereocenters. The quantitative estimate of drug-likeness (QED) is 0.442. The minimum absolute atomic E-state index is 0.845. The third-order valence-electron chi connectivity index (χ3n) is 5.40. The highest BCUT2D eigenvalue weighted by atomic mass is 32.1. The number of anilines is 1. The van der Waals surface area contributed by atoms with E-state index < -0.39 is 0 Å². The molecule has 0 N–H and O–H groups in total. The Kier molecular flexibility index (Phi) is 3.80. The molecule has 0 aliphatic carbocycles. The van der Waals surface area contributed by atoms with Gasteiger partial charge in [0.25, 0.3) is 0 Å². The molecule has 0 bridgehead atoms. The predicted octanol–water partition coefficient (Wildman–Crippen LogP) is 4.67. The Morgan fingerprint density at radius 2 is 1.66 bits per heavy atom. The van der Waals surface area contributed by atoms with E-state index in [-0.39, 0.29) is 0 Å². The Balaban J connectivity index is 1.45. The molecule has 0 amide bonds. The molecular formula is C22H18N6S. The van der Waals surface area contributed by atoms with Crippen molar-refractivity contribution in [3.63, 3.8) is 0 Å². The maximum absolute atomic E-state index is 4.69. The van der Waals surface area contributed by atoms with Crippen molar-refractivity contribution in [3.05, 3.63) is 60.9 Å². The van der Waals surface area contributed by atoms with Crippen molar-refractivity contribution in [1.82, 2.24) is 24.8 Å². The largest absolute Gasteiger partial charge is 0.355 e. The summed E-state index contributed by atoms with van der Waals surface area (Å²) in [4.78, 5) is 9.23. The number of aromatic nitrogens is 5. The molecule has 4 aromatic heterocycles. The van der Waals surface area contributed by atoms with E-state index in [0.29, 0.717) is 0 Å². The summed E-state index contributed by atoms with van der Waals surface area (Å²) in [5, 5.41) is 15.9. The van der Waals surface area contributed by atoms with E-state index in [1.54, 1.807) is 22.0 Å². The molecule has 142 valence electrons. The molecule has 1 aliphatic rings. The number of benzene rings is 1. The molecule has 1 saturated heterocycles. The van der Waals surface area contributed by atoms with Crippen LogP contribution in [0, 0.1) is 0 Å². The van der Waals surface area contributed by atoms with Gasteiger partial charge in [-0.25, -0.2) is 9.50 Å². The molecular weight excluding hydrogens is 380 g/mol. The smallest absolute Gasteiger partial charge is 0.159 e. The van der Waals surface area contributed by atoms with Crippen molar-refractivity contribution in [2.45, 2.75) is 12.8 Å². The van der Waals surface area contributed by atoms with Crippen LogP contribution in [0.1, 0.15) is 12.8 Å². The fourth-order valence-electron chi connectivity index (χ4n) is 3.99. The van der Waals surface area contributed by atoms with Gasteiger partial charge in [0.05, 0.1) is 16.0 Å². The lowest BCUT2D eigenvalue weighted by molar-refractivity contribution is 0.908. The van der Waals surface area contributed by atoms with Gasteiger partial charge in [-0.05, 0) is 37.1 Å². The third-order valence-corrected chi connectivity index (χ3v) is 6.52. The summed E-state index contributed by atoms with van der Waals surface area (Å²) >= 11 is 1.69. The Bertz CT molecular complexity index is 1300. The Morgan fingerprint density at radius 1 is 0.828 bits per heavy atom. The van der Waals surface area contributed by atoms with Crippen LogP contribution >= 0.6 is 11.3 Å². The van der Waals surface area contributed by atoms with Crippen molar-refractivity contribution >= 4 is 33.6 Å². The first-order chi connectivity index (χ1) is 14.4. The van der Waals surface area contributed by atoms with Crippen molar-refractivity contribution in [2.75, 3.05) is 18.0 Å². The van der Waals surface area contributed by atoms with Crippen LogP contribution in [0.5, 0.6) is 0 Å². The van der Waals surface area contributed by atoms with Gasteiger partial charge in [0.15, 0.2) is 11.5 Å². The average Bonchev–Trinajstić information content (AvgIpc) is 3.53. The standard InChI is InChI=1S/C22H18N6S/c1-2-7-16-15(6-1)21(25-26-22(16)27-12-3-4-13-27)19-10-9-18(29-19)17-14-28-20(24-17)8-5-11-23-28/h1-2,5-11,14H,3-4,12-13H2. The highest BCUT2D eigenvalue weighted by Crippen LogP contribution is 2.38. The maximum atomic E-state index is 4.69. The summed E-state index contributed by atoms with van der Waals surface area (Å²) in [6.45, 7) is 2.12. The zero-order valence-corrected chi connectivity index (χ0v) is 16.5. The maximum Gasteiger partial charge on any atom is 0.159 e. The monoisotopic (exact) mass is 398 g/mol. The van der Waals surface area contributed by atoms with Gasteiger partial charge in [0.1, 0.15) is 11.4 Å². The highest BCUT2D eigenvalue weighted by molar-refractivity contribution is 7.18. The van der Waals surface area contributed by atoms with Gasteiger partial charge in [0.2, 0.25) is 0 Å². The van der Waals surface area contributed by atoms with E-state index in [2.05, 4.69) is 61.6 Å². The molecule has 0 spiro atoms. The molecule has 0 radical (unpaired) electrons. The number of thiophene rings is 1. The third kappa shape index (κ3) is 2.77. The van der Waals surface area contributed by atoms with Gasteiger partial charge < -0.3 is 4.90 Å². The first kappa shape index (κ1) is 16.6. The van der Waals surface area contributed by atoms with Crippen LogP contribution in [0.4, 0.5) is 5.82 Å². The van der Waals surface area contributed by atoms with Crippen molar-refractivity contribution in [3.8, 4) is 21.1 Å². The summed E-state index contributed by atoms with van der Waals surface area (Å²) < 4.78 is 1.80. The summed E-state index contributed by atoms with van der Waals surface area (Å²) in [6, 6.07) is 16.5. The van der Waals surface area contributed by atoms with Crippen LogP contribution in [0.3, 0.4) is 0 Å². The summed E-state index contributed by atoms with van der Waals surface area (Å²) in [5.74, 6) is 1.00. The molecule has 6 rings (SSSR count). The van der Waals surface area contributed by atoms with Crippen LogP contribution in [-0.4, -0.2) is 37.9 Å².